The average Bonchev–Trinajstić information content (AvgIpc) is 3.49. The van der Waals surface area contributed by atoms with E-state index in [4.69, 9.17) is 0 Å². The number of aromatic nitrogens is 3. The van der Waals surface area contributed by atoms with Gasteiger partial charge in [-0.1, -0.05) is 35.9 Å². The lowest BCUT2D eigenvalue weighted by Crippen LogP contribution is -2.39. The number of benzene rings is 2. The number of aliphatic hydroxyl groups excluding tert-OH is 1. The molecule has 0 saturated carbocycles. The van der Waals surface area contributed by atoms with Crippen molar-refractivity contribution in [2.45, 2.75) is 38.6 Å². The van der Waals surface area contributed by atoms with Crippen LogP contribution >= 0.6 is 0 Å². The van der Waals surface area contributed by atoms with Gasteiger partial charge in [0.05, 0.1) is 18.3 Å². The maximum atomic E-state index is 13.2. The van der Waals surface area contributed by atoms with Crippen LogP contribution in [-0.4, -0.2) is 38.4 Å². The normalized spacial score (nSPS) is 14.0. The molecule has 4 aromatic rings. The Balaban J connectivity index is 1.39. The molecular formula is C25H26N4O2. The van der Waals surface area contributed by atoms with Crippen LogP contribution < -0.4 is 5.32 Å². The van der Waals surface area contributed by atoms with Crippen LogP contribution in [-0.2, 0) is 19.3 Å². The maximum absolute atomic E-state index is 13.2. The smallest absolute Gasteiger partial charge is 0.272 e. The summed E-state index contributed by atoms with van der Waals surface area (Å²) < 4.78 is 1.91. The number of nitrogens with zero attached hydrogens (tertiary/aromatic N) is 2. The number of carbonyl (C=O) groups excluding carboxylic acids is 1. The molecule has 0 fully saturated rings. The lowest BCUT2D eigenvalue weighted by Gasteiger charge is -2.15. The molecule has 6 heteroatoms. The molecule has 2 aromatic carbocycles. The molecule has 0 saturated heterocycles. The van der Waals surface area contributed by atoms with Crippen molar-refractivity contribution in [2.24, 2.45) is 0 Å². The maximum Gasteiger partial charge on any atom is 0.272 e. The van der Waals surface area contributed by atoms with Crippen molar-refractivity contribution in [3.8, 4) is 5.69 Å². The molecule has 1 amide bonds. The second-order valence-electron chi connectivity index (χ2n) is 8.29. The molecule has 1 aliphatic rings. The minimum absolute atomic E-state index is 0.133. The van der Waals surface area contributed by atoms with Gasteiger partial charge in [-0.2, -0.15) is 5.10 Å². The lowest BCUT2D eigenvalue weighted by molar-refractivity contribution is 0.0910. The molecule has 3 N–H and O–H groups in total. The molecule has 1 unspecified atom stereocenters. The van der Waals surface area contributed by atoms with Gasteiger partial charge in [0.15, 0.2) is 5.69 Å². The number of H-pyrrole nitrogens is 1. The van der Waals surface area contributed by atoms with Gasteiger partial charge in [-0.25, -0.2) is 4.68 Å². The summed E-state index contributed by atoms with van der Waals surface area (Å²) in [4.78, 5) is 16.4. The number of hydrogen-bond donors (Lipinski definition) is 3. The summed E-state index contributed by atoms with van der Waals surface area (Å²) in [7, 11) is 0. The second-order valence-corrected chi connectivity index (χ2v) is 8.29. The van der Waals surface area contributed by atoms with Crippen LogP contribution in [0.2, 0.25) is 0 Å². The molecule has 2 heterocycles. The van der Waals surface area contributed by atoms with Crippen molar-refractivity contribution in [2.75, 3.05) is 6.61 Å². The predicted molar refractivity (Wildman–Crippen MR) is 121 cm³/mol. The summed E-state index contributed by atoms with van der Waals surface area (Å²) >= 11 is 0. The Morgan fingerprint density at radius 2 is 2.00 bits per heavy atom. The number of aromatic amines is 1. The Hall–Kier alpha value is -3.38. The first-order valence-electron chi connectivity index (χ1n) is 10.8. The minimum Gasteiger partial charge on any atom is -0.394 e. The molecule has 158 valence electrons. The van der Waals surface area contributed by atoms with Gasteiger partial charge >= 0.3 is 0 Å². The molecule has 1 atom stereocenters. The first-order valence-corrected chi connectivity index (χ1v) is 10.8. The van der Waals surface area contributed by atoms with E-state index < -0.39 is 0 Å². The molecule has 0 aliphatic heterocycles. The monoisotopic (exact) mass is 414 g/mol. The summed E-state index contributed by atoms with van der Waals surface area (Å²) in [6.07, 6.45) is 5.30. The Morgan fingerprint density at radius 3 is 2.81 bits per heavy atom. The van der Waals surface area contributed by atoms with Gasteiger partial charge < -0.3 is 15.4 Å². The van der Waals surface area contributed by atoms with Crippen molar-refractivity contribution in [1.29, 1.82) is 0 Å². The minimum atomic E-state index is -0.381. The van der Waals surface area contributed by atoms with E-state index in [0.29, 0.717) is 12.1 Å². The van der Waals surface area contributed by atoms with E-state index in [-0.39, 0.29) is 18.6 Å². The Kier molecular flexibility index (Phi) is 5.08. The molecule has 6 nitrogen and oxygen atoms in total. The van der Waals surface area contributed by atoms with Gasteiger partial charge in [0, 0.05) is 28.4 Å². The Bertz CT molecular complexity index is 1240. The summed E-state index contributed by atoms with van der Waals surface area (Å²) in [5, 5.41) is 18.7. The third kappa shape index (κ3) is 3.64. The van der Waals surface area contributed by atoms with Crippen LogP contribution in [0.15, 0.2) is 54.7 Å². The quantitative estimate of drug-likeness (QED) is 0.452. The van der Waals surface area contributed by atoms with E-state index in [0.717, 1.165) is 52.7 Å². The highest BCUT2D eigenvalue weighted by atomic mass is 16.3. The average molecular weight is 415 g/mol. The summed E-state index contributed by atoms with van der Waals surface area (Å²) in [6, 6.07) is 15.9. The van der Waals surface area contributed by atoms with Gasteiger partial charge in [0.2, 0.25) is 0 Å². The van der Waals surface area contributed by atoms with Crippen molar-refractivity contribution >= 4 is 16.8 Å². The SMILES string of the molecule is Cc1ccc(-n2nc(C(=O)NC(CO)Cc3c[nH]c4ccccc34)c3c2CCC3)cc1. The molecule has 31 heavy (non-hydrogen) atoms. The van der Waals surface area contributed by atoms with Crippen molar-refractivity contribution in [3.05, 3.63) is 82.8 Å². The fraction of sp³-hybridized carbons (Fsp3) is 0.280. The lowest BCUT2D eigenvalue weighted by atomic mass is 10.0. The Morgan fingerprint density at radius 1 is 1.19 bits per heavy atom. The van der Waals surface area contributed by atoms with Gasteiger partial charge in [0.1, 0.15) is 0 Å². The number of aryl methyl sites for hydroxylation is 1. The largest absolute Gasteiger partial charge is 0.394 e. The zero-order valence-electron chi connectivity index (χ0n) is 17.6. The van der Waals surface area contributed by atoms with E-state index in [1.54, 1.807) is 0 Å². The van der Waals surface area contributed by atoms with Crippen LogP contribution in [0.3, 0.4) is 0 Å². The number of nitrogens with one attached hydrogen (secondary N) is 2. The van der Waals surface area contributed by atoms with Crippen LogP contribution in [0.25, 0.3) is 16.6 Å². The molecule has 0 bridgehead atoms. The predicted octanol–water partition coefficient (Wildman–Crippen LogP) is 3.48. The summed E-state index contributed by atoms with van der Waals surface area (Å²) in [6.45, 7) is 1.92. The first kappa shape index (κ1) is 19.6. The van der Waals surface area contributed by atoms with Crippen molar-refractivity contribution < 1.29 is 9.90 Å². The second kappa shape index (κ2) is 8.04. The molecule has 0 spiro atoms. The number of carbonyl (C=O) groups is 1. The summed E-state index contributed by atoms with van der Waals surface area (Å²) in [5.74, 6) is -0.220. The number of rotatable bonds is 6. The first-order chi connectivity index (χ1) is 15.1. The van der Waals surface area contributed by atoms with Crippen molar-refractivity contribution in [1.82, 2.24) is 20.1 Å². The van der Waals surface area contributed by atoms with Gasteiger partial charge in [-0.05, 0) is 56.4 Å². The number of amides is 1. The van der Waals surface area contributed by atoms with E-state index in [9.17, 15) is 9.90 Å². The van der Waals surface area contributed by atoms with Crippen LogP contribution in [0.1, 0.15) is 39.3 Å². The molecule has 5 rings (SSSR count). The van der Waals surface area contributed by atoms with Crippen molar-refractivity contribution in [3.63, 3.8) is 0 Å². The zero-order chi connectivity index (χ0) is 21.4. The highest BCUT2D eigenvalue weighted by Gasteiger charge is 2.28. The number of aliphatic hydroxyl groups is 1. The van der Waals surface area contributed by atoms with Crippen LogP contribution in [0, 0.1) is 6.92 Å². The standard InChI is InChI=1S/C25H26N4O2/c1-16-9-11-19(12-10-16)29-23-8-4-6-21(23)24(28-29)25(31)27-18(15-30)13-17-14-26-22-7-3-2-5-20(17)22/h2-3,5,7,9-12,14,18,26,30H,4,6,8,13,15H2,1H3,(H,27,31). The third-order valence-electron chi connectivity index (χ3n) is 6.12. The van der Waals surface area contributed by atoms with E-state index in [1.807, 2.05) is 47.3 Å². The fourth-order valence-corrected chi connectivity index (χ4v) is 4.50. The highest BCUT2D eigenvalue weighted by molar-refractivity contribution is 5.94. The van der Waals surface area contributed by atoms with E-state index >= 15 is 0 Å². The molecular weight excluding hydrogens is 388 g/mol. The van der Waals surface area contributed by atoms with Crippen LogP contribution in [0.4, 0.5) is 0 Å². The van der Waals surface area contributed by atoms with Gasteiger partial charge in [0.25, 0.3) is 5.91 Å². The topological polar surface area (TPSA) is 82.9 Å². The molecule has 1 aliphatic carbocycles. The van der Waals surface area contributed by atoms with Gasteiger partial charge in [-0.15, -0.1) is 0 Å². The highest BCUT2D eigenvalue weighted by Crippen LogP contribution is 2.28. The number of para-hydroxylation sites is 1. The molecule has 0 radical (unpaired) electrons. The Labute approximate surface area is 180 Å². The fourth-order valence-electron chi connectivity index (χ4n) is 4.50. The van der Waals surface area contributed by atoms with E-state index in [2.05, 4.69) is 34.5 Å². The third-order valence-corrected chi connectivity index (χ3v) is 6.12. The van der Waals surface area contributed by atoms with E-state index in [1.165, 1.54) is 5.56 Å². The van der Waals surface area contributed by atoms with Crippen LogP contribution in [0.5, 0.6) is 0 Å². The number of hydrogen-bond acceptors (Lipinski definition) is 3. The molecule has 2 aromatic heterocycles. The van der Waals surface area contributed by atoms with Gasteiger partial charge in [-0.3, -0.25) is 4.79 Å². The number of fused-ring (bicyclic) bond motifs is 2. The summed E-state index contributed by atoms with van der Waals surface area (Å²) in [5.41, 5.74) is 6.91. The zero-order valence-corrected chi connectivity index (χ0v) is 17.6.